The van der Waals surface area contributed by atoms with E-state index in [0.717, 1.165) is 27.7 Å². The lowest BCUT2D eigenvalue weighted by Gasteiger charge is -2.15. The minimum Gasteiger partial charge on any atom is -0.492 e. The third-order valence-corrected chi connectivity index (χ3v) is 5.12. The van der Waals surface area contributed by atoms with Gasteiger partial charge in [-0.3, -0.25) is 14.2 Å². The highest BCUT2D eigenvalue weighted by molar-refractivity contribution is 5.83. The molecular weight excluding hydrogens is 396 g/mol. The van der Waals surface area contributed by atoms with Gasteiger partial charge in [0.2, 0.25) is 5.91 Å². The molecule has 164 valence electrons. The van der Waals surface area contributed by atoms with E-state index < -0.39 is 17.2 Å². The van der Waals surface area contributed by atoms with Gasteiger partial charge in [0, 0.05) is 25.4 Å². The van der Waals surface area contributed by atoms with Crippen molar-refractivity contribution in [2.75, 3.05) is 6.61 Å². The van der Waals surface area contributed by atoms with E-state index in [4.69, 9.17) is 4.74 Å². The Hall–Kier alpha value is -3.42. The molecule has 2 heterocycles. The van der Waals surface area contributed by atoms with Crippen LogP contribution in [0.4, 0.5) is 0 Å². The Labute approximate surface area is 180 Å². The van der Waals surface area contributed by atoms with Gasteiger partial charge in [-0.1, -0.05) is 43.7 Å². The number of fused-ring (bicyclic) bond motifs is 1. The minimum atomic E-state index is -0.596. The summed E-state index contributed by atoms with van der Waals surface area (Å²) in [5.41, 5.74) is 1.92. The van der Waals surface area contributed by atoms with Crippen LogP contribution in [0.15, 0.2) is 40.1 Å². The zero-order chi connectivity index (χ0) is 22.5. The molecule has 0 fully saturated rings. The number of nitrogens with zero attached hydrogens (tertiary/aromatic N) is 3. The lowest BCUT2D eigenvalue weighted by Crippen LogP contribution is -2.43. The molecule has 0 saturated heterocycles. The van der Waals surface area contributed by atoms with Crippen molar-refractivity contribution in [1.82, 2.24) is 19.4 Å². The Morgan fingerprint density at radius 3 is 2.52 bits per heavy atom. The zero-order valence-electron chi connectivity index (χ0n) is 18.4. The topological polar surface area (TPSA) is 95.2 Å². The van der Waals surface area contributed by atoms with Crippen LogP contribution in [0.1, 0.15) is 37.0 Å². The van der Waals surface area contributed by atoms with Crippen LogP contribution < -0.4 is 21.3 Å². The molecule has 0 bridgehead atoms. The fourth-order valence-electron chi connectivity index (χ4n) is 3.33. The van der Waals surface area contributed by atoms with Crippen molar-refractivity contribution < 1.29 is 9.53 Å². The van der Waals surface area contributed by atoms with Gasteiger partial charge < -0.3 is 10.1 Å². The lowest BCUT2D eigenvalue weighted by molar-refractivity contribution is -0.121. The zero-order valence-corrected chi connectivity index (χ0v) is 18.4. The number of aryl methyl sites for hydroxylation is 3. The smallest absolute Gasteiger partial charge is 0.332 e. The monoisotopic (exact) mass is 424 g/mol. The van der Waals surface area contributed by atoms with Gasteiger partial charge in [-0.05, 0) is 25.3 Å². The van der Waals surface area contributed by atoms with Crippen LogP contribution in [-0.2, 0) is 31.4 Å². The molecule has 3 aromatic rings. The molecule has 0 atom stereocenters. The number of rotatable bonds is 8. The molecule has 0 saturated carbocycles. The number of benzene rings is 1. The molecule has 31 heavy (non-hydrogen) atoms. The van der Waals surface area contributed by atoms with Gasteiger partial charge in [-0.25, -0.2) is 14.3 Å². The first kappa shape index (κ1) is 22.3. The second kappa shape index (κ2) is 9.59. The summed E-state index contributed by atoms with van der Waals surface area (Å²) in [7, 11) is 1.53. The normalized spacial score (nSPS) is 11.0. The Morgan fingerprint density at radius 2 is 1.87 bits per heavy atom. The van der Waals surface area contributed by atoms with Gasteiger partial charge in [0.15, 0.2) is 5.65 Å². The third-order valence-electron chi connectivity index (χ3n) is 5.12. The lowest BCUT2D eigenvalue weighted by atomic mass is 10.1. The number of carbonyl (C=O) groups excluding carboxylic acids is 1. The summed E-state index contributed by atoms with van der Waals surface area (Å²) in [5.74, 6) is 0.0125. The summed E-state index contributed by atoms with van der Waals surface area (Å²) in [6.07, 6.45) is 3.03. The summed E-state index contributed by atoms with van der Waals surface area (Å²) >= 11 is 0. The van der Waals surface area contributed by atoms with Crippen molar-refractivity contribution in [3.63, 3.8) is 0 Å². The Bertz CT molecular complexity index is 1210. The SMILES string of the molecule is CCCOc1c(CC)cnc2c1c(=O)n(CC(=O)NCc1ccc(C)cc1)c(=O)n2C. The largest absolute Gasteiger partial charge is 0.492 e. The average Bonchev–Trinajstić information content (AvgIpc) is 2.77. The Balaban J connectivity index is 1.97. The molecule has 8 heteroatoms. The van der Waals surface area contributed by atoms with E-state index in [0.29, 0.717) is 25.3 Å². The van der Waals surface area contributed by atoms with Gasteiger partial charge in [-0.2, -0.15) is 0 Å². The van der Waals surface area contributed by atoms with Crippen LogP contribution in [0.3, 0.4) is 0 Å². The van der Waals surface area contributed by atoms with E-state index in [-0.39, 0.29) is 17.6 Å². The van der Waals surface area contributed by atoms with Crippen molar-refractivity contribution in [2.24, 2.45) is 7.05 Å². The number of hydrogen-bond donors (Lipinski definition) is 1. The van der Waals surface area contributed by atoms with Crippen LogP contribution in [-0.4, -0.2) is 26.6 Å². The molecule has 0 aliphatic heterocycles. The highest BCUT2D eigenvalue weighted by atomic mass is 16.5. The summed E-state index contributed by atoms with van der Waals surface area (Å²) < 4.78 is 8.09. The Kier molecular flexibility index (Phi) is 6.89. The second-order valence-corrected chi connectivity index (χ2v) is 7.51. The first-order valence-corrected chi connectivity index (χ1v) is 10.4. The van der Waals surface area contributed by atoms with Crippen molar-refractivity contribution in [1.29, 1.82) is 0 Å². The van der Waals surface area contributed by atoms with Crippen LogP contribution >= 0.6 is 0 Å². The third kappa shape index (κ3) is 4.68. The molecule has 1 amide bonds. The first-order chi connectivity index (χ1) is 14.9. The number of aromatic nitrogens is 3. The number of hydrogen-bond acceptors (Lipinski definition) is 5. The molecule has 1 N–H and O–H groups in total. The molecule has 2 aromatic heterocycles. The maximum absolute atomic E-state index is 13.3. The highest BCUT2D eigenvalue weighted by Crippen LogP contribution is 2.25. The predicted octanol–water partition coefficient (Wildman–Crippen LogP) is 2.07. The molecule has 1 aromatic carbocycles. The molecule has 0 unspecified atom stereocenters. The van der Waals surface area contributed by atoms with Crippen LogP contribution in [0, 0.1) is 6.92 Å². The van der Waals surface area contributed by atoms with E-state index >= 15 is 0 Å². The fraction of sp³-hybridized carbons (Fsp3) is 0.391. The molecule has 8 nitrogen and oxygen atoms in total. The van der Waals surface area contributed by atoms with E-state index in [1.807, 2.05) is 45.0 Å². The summed E-state index contributed by atoms with van der Waals surface area (Å²) in [6, 6.07) is 7.76. The number of nitrogens with one attached hydrogen (secondary N) is 1. The summed E-state index contributed by atoms with van der Waals surface area (Å²) in [6.45, 7) is 6.28. The maximum atomic E-state index is 13.3. The maximum Gasteiger partial charge on any atom is 0.332 e. The number of pyridine rings is 1. The van der Waals surface area contributed by atoms with E-state index in [1.165, 1.54) is 11.6 Å². The van der Waals surface area contributed by atoms with Crippen molar-refractivity contribution in [2.45, 2.75) is 46.7 Å². The van der Waals surface area contributed by atoms with Gasteiger partial charge in [0.25, 0.3) is 5.56 Å². The number of ether oxygens (including phenoxy) is 1. The fourth-order valence-corrected chi connectivity index (χ4v) is 3.33. The quantitative estimate of drug-likeness (QED) is 0.597. The van der Waals surface area contributed by atoms with Gasteiger partial charge in [-0.15, -0.1) is 0 Å². The summed E-state index contributed by atoms with van der Waals surface area (Å²) in [4.78, 5) is 42.9. The molecular formula is C23H28N4O4. The second-order valence-electron chi connectivity index (χ2n) is 7.51. The Morgan fingerprint density at radius 1 is 1.16 bits per heavy atom. The van der Waals surface area contributed by atoms with Crippen molar-refractivity contribution >= 4 is 16.9 Å². The van der Waals surface area contributed by atoms with Gasteiger partial charge in [0.05, 0.1) is 6.61 Å². The molecule has 0 spiro atoms. The highest BCUT2D eigenvalue weighted by Gasteiger charge is 2.20. The molecule has 3 rings (SSSR count). The number of amides is 1. The van der Waals surface area contributed by atoms with E-state index in [2.05, 4.69) is 10.3 Å². The van der Waals surface area contributed by atoms with Crippen LogP contribution in [0.25, 0.3) is 11.0 Å². The summed E-state index contributed by atoms with van der Waals surface area (Å²) in [5, 5.41) is 2.99. The van der Waals surface area contributed by atoms with Crippen molar-refractivity contribution in [3.05, 3.63) is 68.0 Å². The first-order valence-electron chi connectivity index (χ1n) is 10.4. The number of carbonyl (C=O) groups is 1. The average molecular weight is 425 g/mol. The molecule has 0 aliphatic carbocycles. The standard InChI is InChI=1S/C23H28N4O4/c1-5-11-31-20-17(6-2)13-25-21-19(20)22(29)27(23(30)26(21)4)14-18(28)24-12-16-9-7-15(3)8-10-16/h7-10,13H,5-6,11-12,14H2,1-4H3,(H,24,28). The molecule has 0 radical (unpaired) electrons. The molecule has 0 aliphatic rings. The van der Waals surface area contributed by atoms with Gasteiger partial charge >= 0.3 is 5.69 Å². The predicted molar refractivity (Wildman–Crippen MR) is 119 cm³/mol. The minimum absolute atomic E-state index is 0.223. The van der Waals surface area contributed by atoms with Gasteiger partial charge in [0.1, 0.15) is 17.7 Å². The van der Waals surface area contributed by atoms with E-state index in [9.17, 15) is 14.4 Å². The van der Waals surface area contributed by atoms with Crippen molar-refractivity contribution in [3.8, 4) is 5.75 Å². The van der Waals surface area contributed by atoms with E-state index in [1.54, 1.807) is 6.20 Å². The van der Waals surface area contributed by atoms with Crippen LogP contribution in [0.5, 0.6) is 5.75 Å². The van der Waals surface area contributed by atoms with Crippen LogP contribution in [0.2, 0.25) is 0 Å².